The summed E-state index contributed by atoms with van der Waals surface area (Å²) >= 11 is 9.61. The standard InChI is InChI=1S/C20H23BrClNO4/c1-20(2,3)12-6-7-16(13(21)8-12)27-11-19(24)23-15-9-14(22)17(25-4)10-18(15)26-5/h6-10H,11H2,1-5H3,(H,23,24). The van der Waals surface area contributed by atoms with Crippen LogP contribution in [0.1, 0.15) is 26.3 Å². The number of methoxy groups -OCH3 is 2. The normalized spacial score (nSPS) is 11.1. The number of carbonyl (C=O) groups is 1. The smallest absolute Gasteiger partial charge is 0.262 e. The first-order valence-corrected chi connectivity index (χ1v) is 9.47. The second-order valence-corrected chi connectivity index (χ2v) is 8.18. The Bertz CT molecular complexity index is 833. The predicted molar refractivity (Wildman–Crippen MR) is 112 cm³/mol. The summed E-state index contributed by atoms with van der Waals surface area (Å²) in [5.41, 5.74) is 1.64. The van der Waals surface area contributed by atoms with Crippen molar-refractivity contribution in [2.45, 2.75) is 26.2 Å². The van der Waals surface area contributed by atoms with Crippen molar-refractivity contribution >= 4 is 39.1 Å². The molecule has 146 valence electrons. The lowest BCUT2D eigenvalue weighted by molar-refractivity contribution is -0.118. The van der Waals surface area contributed by atoms with Gasteiger partial charge in [0.15, 0.2) is 6.61 Å². The van der Waals surface area contributed by atoms with Gasteiger partial charge < -0.3 is 19.5 Å². The monoisotopic (exact) mass is 455 g/mol. The Morgan fingerprint density at radius 2 is 1.74 bits per heavy atom. The number of ether oxygens (including phenoxy) is 3. The van der Waals surface area contributed by atoms with Gasteiger partial charge in [-0.25, -0.2) is 0 Å². The second kappa shape index (κ2) is 8.85. The van der Waals surface area contributed by atoms with Gasteiger partial charge in [0.05, 0.1) is 29.4 Å². The molecule has 27 heavy (non-hydrogen) atoms. The summed E-state index contributed by atoms with van der Waals surface area (Å²) in [7, 11) is 3.01. The lowest BCUT2D eigenvalue weighted by Gasteiger charge is -2.20. The van der Waals surface area contributed by atoms with Crippen molar-refractivity contribution in [3.05, 3.63) is 45.4 Å². The van der Waals surface area contributed by atoms with Crippen molar-refractivity contribution in [2.24, 2.45) is 0 Å². The molecule has 0 aliphatic rings. The van der Waals surface area contributed by atoms with Gasteiger partial charge in [-0.15, -0.1) is 0 Å². The predicted octanol–water partition coefficient (Wildman–Crippen LogP) is 5.43. The van der Waals surface area contributed by atoms with Gasteiger partial charge >= 0.3 is 0 Å². The third-order valence-electron chi connectivity index (χ3n) is 3.90. The largest absolute Gasteiger partial charge is 0.495 e. The Morgan fingerprint density at radius 1 is 1.07 bits per heavy atom. The Labute approximate surface area is 173 Å². The van der Waals surface area contributed by atoms with Gasteiger partial charge in [0, 0.05) is 6.07 Å². The molecule has 1 N–H and O–H groups in total. The van der Waals surface area contributed by atoms with E-state index >= 15 is 0 Å². The van der Waals surface area contributed by atoms with Crippen LogP contribution < -0.4 is 19.5 Å². The number of benzene rings is 2. The molecule has 0 aromatic heterocycles. The Hall–Kier alpha value is -1.92. The highest BCUT2D eigenvalue weighted by Gasteiger charge is 2.16. The maximum Gasteiger partial charge on any atom is 0.262 e. The van der Waals surface area contributed by atoms with Crippen molar-refractivity contribution in [3.63, 3.8) is 0 Å². The number of halogens is 2. The molecule has 1 amide bonds. The van der Waals surface area contributed by atoms with Crippen molar-refractivity contribution < 1.29 is 19.0 Å². The van der Waals surface area contributed by atoms with Gasteiger partial charge in [-0.05, 0) is 45.1 Å². The summed E-state index contributed by atoms with van der Waals surface area (Å²) < 4.78 is 16.8. The summed E-state index contributed by atoms with van der Waals surface area (Å²) in [6.07, 6.45) is 0. The Morgan fingerprint density at radius 3 is 2.30 bits per heavy atom. The average Bonchev–Trinajstić information content (AvgIpc) is 2.60. The quantitative estimate of drug-likeness (QED) is 0.629. The van der Waals surface area contributed by atoms with E-state index in [1.165, 1.54) is 19.8 Å². The van der Waals surface area contributed by atoms with E-state index in [1.54, 1.807) is 12.1 Å². The minimum atomic E-state index is -0.332. The molecule has 2 aromatic rings. The van der Waals surface area contributed by atoms with Crippen LogP contribution in [0, 0.1) is 0 Å². The maximum atomic E-state index is 12.3. The maximum absolute atomic E-state index is 12.3. The summed E-state index contributed by atoms with van der Waals surface area (Å²) in [5, 5.41) is 3.11. The number of nitrogens with one attached hydrogen (secondary N) is 1. The van der Waals surface area contributed by atoms with Gasteiger partial charge in [-0.2, -0.15) is 0 Å². The fraction of sp³-hybridized carbons (Fsp3) is 0.350. The number of anilines is 1. The first-order valence-electron chi connectivity index (χ1n) is 8.30. The van der Waals surface area contributed by atoms with E-state index in [4.69, 9.17) is 25.8 Å². The minimum Gasteiger partial charge on any atom is -0.495 e. The number of carbonyl (C=O) groups excluding carboxylic acids is 1. The zero-order valence-electron chi connectivity index (χ0n) is 16.0. The van der Waals surface area contributed by atoms with Crippen LogP contribution in [0.3, 0.4) is 0 Å². The van der Waals surface area contributed by atoms with Crippen LogP contribution in [0.25, 0.3) is 0 Å². The van der Waals surface area contributed by atoms with E-state index in [0.717, 1.165) is 4.47 Å². The molecule has 5 nitrogen and oxygen atoms in total. The van der Waals surface area contributed by atoms with Crippen molar-refractivity contribution in [1.29, 1.82) is 0 Å². The number of hydrogen-bond acceptors (Lipinski definition) is 4. The van der Waals surface area contributed by atoms with Crippen molar-refractivity contribution in [3.8, 4) is 17.2 Å². The third-order valence-corrected chi connectivity index (χ3v) is 4.82. The van der Waals surface area contributed by atoms with Crippen LogP contribution in [0.4, 0.5) is 5.69 Å². The van der Waals surface area contributed by atoms with Crippen LogP contribution in [-0.4, -0.2) is 26.7 Å². The summed E-state index contributed by atoms with van der Waals surface area (Å²) in [6.45, 7) is 6.25. The molecule has 0 heterocycles. The molecule has 0 aliphatic carbocycles. The molecule has 0 fully saturated rings. The van der Waals surface area contributed by atoms with Gasteiger partial charge in [-0.1, -0.05) is 38.4 Å². The number of rotatable bonds is 6. The van der Waals surface area contributed by atoms with Gasteiger partial charge in [0.2, 0.25) is 0 Å². The van der Waals surface area contributed by atoms with Crippen LogP contribution in [0.15, 0.2) is 34.8 Å². The highest BCUT2D eigenvalue weighted by atomic mass is 79.9. The first kappa shape index (κ1) is 21.4. The number of amides is 1. The Kier molecular flexibility index (Phi) is 7.00. The summed E-state index contributed by atoms with van der Waals surface area (Å²) in [4.78, 5) is 12.3. The van der Waals surface area contributed by atoms with E-state index in [-0.39, 0.29) is 17.9 Å². The van der Waals surface area contributed by atoms with Crippen LogP contribution in [0.2, 0.25) is 5.02 Å². The molecule has 2 rings (SSSR count). The molecule has 0 aliphatic heterocycles. The molecule has 0 atom stereocenters. The molecule has 0 saturated carbocycles. The molecule has 0 radical (unpaired) electrons. The molecule has 0 unspecified atom stereocenters. The van der Waals surface area contributed by atoms with Gasteiger partial charge in [-0.3, -0.25) is 4.79 Å². The zero-order valence-corrected chi connectivity index (χ0v) is 18.3. The minimum absolute atomic E-state index is 0.0304. The SMILES string of the molecule is COc1cc(OC)c(NC(=O)COc2ccc(C(C)(C)C)cc2Br)cc1Cl. The lowest BCUT2D eigenvalue weighted by Crippen LogP contribution is -2.21. The molecule has 2 aromatic carbocycles. The summed E-state index contributed by atoms with van der Waals surface area (Å²) in [6, 6.07) is 9.03. The fourth-order valence-corrected chi connectivity index (χ4v) is 3.11. The van der Waals surface area contributed by atoms with E-state index in [2.05, 4.69) is 42.0 Å². The molecular weight excluding hydrogens is 434 g/mol. The zero-order chi connectivity index (χ0) is 20.2. The molecule has 0 bridgehead atoms. The van der Waals surface area contributed by atoms with E-state index in [0.29, 0.717) is 28.0 Å². The molecule has 7 heteroatoms. The third kappa shape index (κ3) is 5.53. The average molecular weight is 457 g/mol. The van der Waals surface area contributed by atoms with Crippen LogP contribution in [0.5, 0.6) is 17.2 Å². The number of hydrogen-bond donors (Lipinski definition) is 1. The van der Waals surface area contributed by atoms with Gasteiger partial charge in [0.25, 0.3) is 5.91 Å². The van der Waals surface area contributed by atoms with E-state index in [9.17, 15) is 4.79 Å². The molecular formula is C20H23BrClNO4. The lowest BCUT2D eigenvalue weighted by atomic mass is 9.87. The first-order chi connectivity index (χ1) is 12.7. The van der Waals surface area contributed by atoms with Crippen LogP contribution >= 0.6 is 27.5 Å². The highest BCUT2D eigenvalue weighted by molar-refractivity contribution is 9.10. The molecule has 0 spiro atoms. The van der Waals surface area contributed by atoms with Crippen molar-refractivity contribution in [2.75, 3.05) is 26.1 Å². The Balaban J connectivity index is 2.06. The van der Waals surface area contributed by atoms with Gasteiger partial charge in [0.1, 0.15) is 17.2 Å². The molecule has 0 saturated heterocycles. The highest BCUT2D eigenvalue weighted by Crippen LogP contribution is 2.36. The summed E-state index contributed by atoms with van der Waals surface area (Å²) in [5.74, 6) is 1.17. The van der Waals surface area contributed by atoms with E-state index in [1.807, 2.05) is 18.2 Å². The topological polar surface area (TPSA) is 56.8 Å². The second-order valence-electron chi connectivity index (χ2n) is 6.92. The van der Waals surface area contributed by atoms with E-state index < -0.39 is 0 Å². The van der Waals surface area contributed by atoms with Crippen molar-refractivity contribution in [1.82, 2.24) is 0 Å². The van der Waals surface area contributed by atoms with Crippen LogP contribution in [-0.2, 0) is 10.2 Å². The fourth-order valence-electron chi connectivity index (χ4n) is 2.37.